The van der Waals surface area contributed by atoms with E-state index in [2.05, 4.69) is 13.0 Å². The Morgan fingerprint density at radius 1 is 1.29 bits per heavy atom. The quantitative estimate of drug-likeness (QED) is 0.778. The summed E-state index contributed by atoms with van der Waals surface area (Å²) in [5.74, 6) is 0.902. The Morgan fingerprint density at radius 3 is 2.57 bits per heavy atom. The Balaban J connectivity index is 2.09. The molecule has 2 atom stereocenters. The zero-order valence-corrected chi connectivity index (χ0v) is 8.66. The molecule has 1 saturated carbocycles. The van der Waals surface area contributed by atoms with Crippen LogP contribution in [0.4, 0.5) is 0 Å². The van der Waals surface area contributed by atoms with Crippen LogP contribution in [0.2, 0.25) is 0 Å². The predicted molar refractivity (Wildman–Crippen MR) is 55.6 cm³/mol. The van der Waals surface area contributed by atoms with Gasteiger partial charge in [-0.25, -0.2) is 0 Å². The van der Waals surface area contributed by atoms with E-state index in [9.17, 15) is 5.11 Å². The van der Waals surface area contributed by atoms with Gasteiger partial charge < -0.3 is 9.84 Å². The summed E-state index contributed by atoms with van der Waals surface area (Å²) < 4.78 is 5.70. The number of ether oxygens (including phenoxy) is 1. The number of hydrogen-bond acceptors (Lipinski definition) is 2. The zero-order chi connectivity index (χ0) is 10.1. The van der Waals surface area contributed by atoms with Gasteiger partial charge in [-0.3, -0.25) is 0 Å². The molecule has 14 heavy (non-hydrogen) atoms. The molecule has 0 amide bonds. The first-order chi connectivity index (χ1) is 6.66. The van der Waals surface area contributed by atoms with Crippen molar-refractivity contribution in [1.29, 1.82) is 0 Å². The third kappa shape index (κ3) is 1.75. The van der Waals surface area contributed by atoms with Gasteiger partial charge >= 0.3 is 0 Å². The number of aliphatic hydroxyl groups excluding tert-OH is 1. The van der Waals surface area contributed by atoms with Crippen LogP contribution >= 0.6 is 0 Å². The van der Waals surface area contributed by atoms with Crippen LogP contribution in [0.15, 0.2) is 18.2 Å². The lowest BCUT2D eigenvalue weighted by Crippen LogP contribution is -2.41. The van der Waals surface area contributed by atoms with Crippen molar-refractivity contribution < 1.29 is 9.84 Å². The van der Waals surface area contributed by atoms with Crippen molar-refractivity contribution in [1.82, 2.24) is 0 Å². The van der Waals surface area contributed by atoms with Crippen LogP contribution in [0.5, 0.6) is 5.75 Å². The minimum Gasteiger partial charge on any atom is -0.487 e. The SMILES string of the molecule is Cc1ccc(O[C@@H]2CC[C@H]2O)c(C)c1. The molecule has 2 nitrogen and oxygen atoms in total. The topological polar surface area (TPSA) is 29.5 Å². The van der Waals surface area contributed by atoms with Gasteiger partial charge in [0.25, 0.3) is 0 Å². The maximum Gasteiger partial charge on any atom is 0.125 e. The first-order valence-electron chi connectivity index (χ1n) is 5.09. The van der Waals surface area contributed by atoms with E-state index >= 15 is 0 Å². The molecule has 1 aliphatic rings. The van der Waals surface area contributed by atoms with Gasteiger partial charge in [0, 0.05) is 0 Å². The molecule has 2 heteroatoms. The molecular formula is C12H16O2. The smallest absolute Gasteiger partial charge is 0.125 e. The van der Waals surface area contributed by atoms with Crippen LogP contribution < -0.4 is 4.74 Å². The van der Waals surface area contributed by atoms with E-state index in [1.54, 1.807) is 0 Å². The van der Waals surface area contributed by atoms with Crippen molar-refractivity contribution in [3.8, 4) is 5.75 Å². The van der Waals surface area contributed by atoms with Gasteiger partial charge in [0.1, 0.15) is 11.9 Å². The number of rotatable bonds is 2. The largest absolute Gasteiger partial charge is 0.487 e. The highest BCUT2D eigenvalue weighted by Gasteiger charge is 2.30. The molecule has 0 heterocycles. The van der Waals surface area contributed by atoms with E-state index in [1.807, 2.05) is 19.1 Å². The Kier molecular flexibility index (Phi) is 2.46. The molecule has 76 valence electrons. The highest BCUT2D eigenvalue weighted by atomic mass is 16.5. The highest BCUT2D eigenvalue weighted by molar-refractivity contribution is 5.36. The number of aliphatic hydroxyl groups is 1. The normalized spacial score (nSPS) is 25.6. The molecule has 1 fully saturated rings. The van der Waals surface area contributed by atoms with Gasteiger partial charge in [0.2, 0.25) is 0 Å². The van der Waals surface area contributed by atoms with Crippen LogP contribution in [0.3, 0.4) is 0 Å². The molecule has 0 bridgehead atoms. The van der Waals surface area contributed by atoms with Crippen molar-refractivity contribution in [2.75, 3.05) is 0 Å². The number of aryl methyl sites for hydroxylation is 2. The van der Waals surface area contributed by atoms with E-state index in [0.29, 0.717) is 0 Å². The fraction of sp³-hybridized carbons (Fsp3) is 0.500. The minimum absolute atomic E-state index is 0.0106. The van der Waals surface area contributed by atoms with Gasteiger partial charge in [-0.15, -0.1) is 0 Å². The molecule has 0 spiro atoms. The second-order valence-corrected chi connectivity index (χ2v) is 4.07. The van der Waals surface area contributed by atoms with Crippen LogP contribution in [0, 0.1) is 13.8 Å². The predicted octanol–water partition coefficient (Wildman–Crippen LogP) is 2.21. The summed E-state index contributed by atoms with van der Waals surface area (Å²) in [6.07, 6.45) is 1.58. The molecule has 0 aliphatic heterocycles. The van der Waals surface area contributed by atoms with Crippen LogP contribution in [-0.2, 0) is 0 Å². The molecule has 0 unspecified atom stereocenters. The number of benzene rings is 1. The summed E-state index contributed by atoms with van der Waals surface area (Å²) >= 11 is 0. The summed E-state index contributed by atoms with van der Waals surface area (Å²) in [6.45, 7) is 4.10. The maximum absolute atomic E-state index is 9.39. The summed E-state index contributed by atoms with van der Waals surface area (Å²) in [5.41, 5.74) is 2.38. The Bertz CT molecular complexity index is 333. The van der Waals surface area contributed by atoms with Crippen LogP contribution in [0.1, 0.15) is 24.0 Å². The fourth-order valence-corrected chi connectivity index (χ4v) is 1.68. The molecule has 0 saturated heterocycles. The van der Waals surface area contributed by atoms with E-state index in [0.717, 1.165) is 24.2 Å². The summed E-state index contributed by atoms with van der Waals surface area (Å²) in [4.78, 5) is 0. The van der Waals surface area contributed by atoms with Crippen molar-refractivity contribution >= 4 is 0 Å². The summed E-state index contributed by atoms with van der Waals surface area (Å²) in [5, 5.41) is 9.39. The Hall–Kier alpha value is -1.02. The Labute approximate surface area is 84.5 Å². The standard InChI is InChI=1S/C12H16O2/c1-8-3-5-11(9(2)7-8)14-12-6-4-10(12)13/h3,5,7,10,12-13H,4,6H2,1-2H3/t10-,12-/m1/s1. The van der Waals surface area contributed by atoms with E-state index in [-0.39, 0.29) is 12.2 Å². The Morgan fingerprint density at radius 2 is 2.07 bits per heavy atom. The first kappa shape index (κ1) is 9.53. The zero-order valence-electron chi connectivity index (χ0n) is 8.66. The van der Waals surface area contributed by atoms with E-state index in [4.69, 9.17) is 4.74 Å². The van der Waals surface area contributed by atoms with Crippen molar-refractivity contribution in [2.24, 2.45) is 0 Å². The third-order valence-corrected chi connectivity index (χ3v) is 2.78. The maximum atomic E-state index is 9.39. The lowest BCUT2D eigenvalue weighted by atomic mass is 9.92. The molecular weight excluding hydrogens is 176 g/mol. The first-order valence-corrected chi connectivity index (χ1v) is 5.09. The van der Waals surface area contributed by atoms with Gasteiger partial charge in [-0.1, -0.05) is 17.7 Å². The molecule has 1 aromatic rings. The van der Waals surface area contributed by atoms with Gasteiger partial charge in [-0.2, -0.15) is 0 Å². The molecule has 1 aromatic carbocycles. The third-order valence-electron chi connectivity index (χ3n) is 2.78. The molecule has 1 N–H and O–H groups in total. The average Bonchev–Trinajstić information content (AvgIpc) is 2.14. The fourth-order valence-electron chi connectivity index (χ4n) is 1.68. The lowest BCUT2D eigenvalue weighted by Gasteiger charge is -2.33. The highest BCUT2D eigenvalue weighted by Crippen LogP contribution is 2.28. The summed E-state index contributed by atoms with van der Waals surface area (Å²) in [7, 11) is 0. The minimum atomic E-state index is -0.268. The second kappa shape index (κ2) is 3.62. The van der Waals surface area contributed by atoms with Gasteiger partial charge in [-0.05, 0) is 38.3 Å². The van der Waals surface area contributed by atoms with Crippen LogP contribution in [0.25, 0.3) is 0 Å². The monoisotopic (exact) mass is 192 g/mol. The molecule has 2 rings (SSSR count). The number of hydrogen-bond donors (Lipinski definition) is 1. The molecule has 1 aliphatic carbocycles. The van der Waals surface area contributed by atoms with Crippen molar-refractivity contribution in [2.45, 2.75) is 38.9 Å². The molecule has 0 radical (unpaired) electrons. The molecule has 0 aromatic heterocycles. The van der Waals surface area contributed by atoms with E-state index < -0.39 is 0 Å². The van der Waals surface area contributed by atoms with Crippen molar-refractivity contribution in [3.63, 3.8) is 0 Å². The lowest BCUT2D eigenvalue weighted by molar-refractivity contribution is -0.0364. The van der Waals surface area contributed by atoms with E-state index in [1.165, 1.54) is 5.56 Å². The van der Waals surface area contributed by atoms with Gasteiger partial charge in [0.15, 0.2) is 0 Å². The van der Waals surface area contributed by atoms with Gasteiger partial charge in [0.05, 0.1) is 6.10 Å². The summed E-state index contributed by atoms with van der Waals surface area (Å²) in [6, 6.07) is 6.11. The second-order valence-electron chi connectivity index (χ2n) is 4.07. The van der Waals surface area contributed by atoms with Crippen LogP contribution in [-0.4, -0.2) is 17.3 Å². The van der Waals surface area contributed by atoms with Crippen molar-refractivity contribution in [3.05, 3.63) is 29.3 Å². The average molecular weight is 192 g/mol.